The van der Waals surface area contributed by atoms with Crippen LogP contribution in [0.5, 0.6) is 5.75 Å². The standard InChI is InChI=1S/C21H28N4O/c1-3-26-19-12-8-7-11-18(19)24-21-23-16(2)15-20(25-21)22-14-13-17-9-5-4-6-10-17/h7-9,11-12,15H,3-6,10,13-14H2,1-2H3,(H2,22,23,24,25). The number of hydrogen-bond donors (Lipinski definition) is 2. The van der Waals surface area contributed by atoms with E-state index in [4.69, 9.17) is 4.74 Å². The van der Waals surface area contributed by atoms with Gasteiger partial charge in [0, 0.05) is 18.3 Å². The molecule has 1 aliphatic carbocycles. The maximum absolute atomic E-state index is 5.66. The Morgan fingerprint density at radius 1 is 1.15 bits per heavy atom. The number of anilines is 3. The van der Waals surface area contributed by atoms with E-state index in [1.165, 1.54) is 25.7 Å². The molecule has 0 radical (unpaired) electrons. The van der Waals surface area contributed by atoms with Crippen molar-refractivity contribution in [1.82, 2.24) is 9.97 Å². The smallest absolute Gasteiger partial charge is 0.229 e. The molecule has 3 rings (SSSR count). The van der Waals surface area contributed by atoms with Crippen molar-refractivity contribution in [3.05, 3.63) is 47.7 Å². The van der Waals surface area contributed by atoms with Crippen LogP contribution in [0.3, 0.4) is 0 Å². The second-order valence-electron chi connectivity index (χ2n) is 6.56. The number of para-hydroxylation sites is 2. The van der Waals surface area contributed by atoms with Gasteiger partial charge in [0.1, 0.15) is 11.6 Å². The fraction of sp³-hybridized carbons (Fsp3) is 0.429. The molecule has 0 unspecified atom stereocenters. The Labute approximate surface area is 155 Å². The number of nitrogens with one attached hydrogen (secondary N) is 2. The van der Waals surface area contributed by atoms with Crippen molar-refractivity contribution in [3.8, 4) is 5.75 Å². The van der Waals surface area contributed by atoms with Gasteiger partial charge in [0.15, 0.2) is 0 Å². The highest BCUT2D eigenvalue weighted by Gasteiger charge is 2.08. The molecule has 0 fully saturated rings. The maximum Gasteiger partial charge on any atom is 0.229 e. The minimum atomic E-state index is 0.580. The lowest BCUT2D eigenvalue weighted by atomic mass is 9.97. The molecule has 2 aromatic rings. The van der Waals surface area contributed by atoms with E-state index in [2.05, 4.69) is 26.7 Å². The van der Waals surface area contributed by atoms with Gasteiger partial charge in [-0.1, -0.05) is 23.8 Å². The summed E-state index contributed by atoms with van der Waals surface area (Å²) in [5.41, 5.74) is 3.37. The molecule has 1 aliphatic rings. The Hall–Kier alpha value is -2.56. The Morgan fingerprint density at radius 3 is 2.85 bits per heavy atom. The second kappa shape index (κ2) is 9.22. The predicted molar refractivity (Wildman–Crippen MR) is 107 cm³/mol. The Balaban J connectivity index is 1.65. The van der Waals surface area contributed by atoms with Crippen molar-refractivity contribution in [2.75, 3.05) is 23.8 Å². The highest BCUT2D eigenvalue weighted by Crippen LogP contribution is 2.26. The fourth-order valence-corrected chi connectivity index (χ4v) is 3.17. The van der Waals surface area contributed by atoms with Gasteiger partial charge in [-0.3, -0.25) is 0 Å². The highest BCUT2D eigenvalue weighted by atomic mass is 16.5. The number of aromatic nitrogens is 2. The third-order valence-electron chi connectivity index (χ3n) is 4.42. The lowest BCUT2D eigenvalue weighted by Crippen LogP contribution is -2.08. The first-order chi connectivity index (χ1) is 12.7. The van der Waals surface area contributed by atoms with Crippen LogP contribution < -0.4 is 15.4 Å². The SMILES string of the molecule is CCOc1ccccc1Nc1nc(C)cc(NCCC2=CCCCC2)n1. The van der Waals surface area contributed by atoms with Gasteiger partial charge >= 0.3 is 0 Å². The molecule has 0 spiro atoms. The molecule has 0 bridgehead atoms. The molecular weight excluding hydrogens is 324 g/mol. The minimum Gasteiger partial charge on any atom is -0.492 e. The summed E-state index contributed by atoms with van der Waals surface area (Å²) in [5.74, 6) is 2.24. The van der Waals surface area contributed by atoms with Crippen molar-refractivity contribution in [2.45, 2.75) is 46.0 Å². The molecule has 5 nitrogen and oxygen atoms in total. The van der Waals surface area contributed by atoms with Crippen molar-refractivity contribution < 1.29 is 4.74 Å². The number of aryl methyl sites for hydroxylation is 1. The van der Waals surface area contributed by atoms with Gasteiger partial charge in [0.2, 0.25) is 5.95 Å². The largest absolute Gasteiger partial charge is 0.492 e. The highest BCUT2D eigenvalue weighted by molar-refractivity contribution is 5.63. The van der Waals surface area contributed by atoms with E-state index in [9.17, 15) is 0 Å². The second-order valence-corrected chi connectivity index (χ2v) is 6.56. The van der Waals surface area contributed by atoms with Gasteiger partial charge in [-0.2, -0.15) is 4.98 Å². The summed E-state index contributed by atoms with van der Waals surface area (Å²) in [5, 5.41) is 6.72. The van der Waals surface area contributed by atoms with Crippen molar-refractivity contribution >= 4 is 17.5 Å². The summed E-state index contributed by atoms with van der Waals surface area (Å²) in [6.45, 7) is 5.48. The van der Waals surface area contributed by atoms with Gasteiger partial charge in [-0.25, -0.2) is 4.98 Å². The van der Waals surface area contributed by atoms with Crippen LogP contribution in [0.2, 0.25) is 0 Å². The van der Waals surface area contributed by atoms with Crippen molar-refractivity contribution in [1.29, 1.82) is 0 Å². The van der Waals surface area contributed by atoms with E-state index < -0.39 is 0 Å². The molecule has 0 saturated heterocycles. The molecule has 1 heterocycles. The van der Waals surface area contributed by atoms with E-state index >= 15 is 0 Å². The average molecular weight is 352 g/mol. The van der Waals surface area contributed by atoms with Crippen LogP contribution in [0.4, 0.5) is 17.5 Å². The van der Waals surface area contributed by atoms with E-state index in [-0.39, 0.29) is 0 Å². The van der Waals surface area contributed by atoms with E-state index in [1.807, 2.05) is 44.2 Å². The van der Waals surface area contributed by atoms with Gasteiger partial charge in [0.05, 0.1) is 12.3 Å². The third-order valence-corrected chi connectivity index (χ3v) is 4.42. The molecule has 0 saturated carbocycles. The van der Waals surface area contributed by atoms with Crippen LogP contribution in [-0.4, -0.2) is 23.1 Å². The molecule has 5 heteroatoms. The van der Waals surface area contributed by atoms with Crippen LogP contribution >= 0.6 is 0 Å². The first-order valence-corrected chi connectivity index (χ1v) is 9.51. The molecule has 1 aromatic carbocycles. The molecule has 0 amide bonds. The van der Waals surface area contributed by atoms with Crippen LogP contribution in [0.25, 0.3) is 0 Å². The lowest BCUT2D eigenvalue weighted by molar-refractivity contribution is 0.342. The molecule has 1 aromatic heterocycles. The van der Waals surface area contributed by atoms with E-state index in [0.29, 0.717) is 12.6 Å². The average Bonchev–Trinajstić information content (AvgIpc) is 2.64. The van der Waals surface area contributed by atoms with Gasteiger partial charge < -0.3 is 15.4 Å². The molecule has 2 N–H and O–H groups in total. The summed E-state index contributed by atoms with van der Waals surface area (Å²) >= 11 is 0. The quantitative estimate of drug-likeness (QED) is 0.637. The Kier molecular flexibility index (Phi) is 6.47. The Morgan fingerprint density at radius 2 is 2.04 bits per heavy atom. The van der Waals surface area contributed by atoms with Crippen LogP contribution in [-0.2, 0) is 0 Å². The zero-order valence-corrected chi connectivity index (χ0v) is 15.7. The van der Waals surface area contributed by atoms with E-state index in [1.54, 1.807) is 5.57 Å². The van der Waals surface area contributed by atoms with Gasteiger partial charge in [0.25, 0.3) is 0 Å². The summed E-state index contributed by atoms with van der Waals surface area (Å²) in [4.78, 5) is 9.10. The minimum absolute atomic E-state index is 0.580. The number of rotatable bonds is 8. The third kappa shape index (κ3) is 5.22. The van der Waals surface area contributed by atoms with Crippen LogP contribution in [0, 0.1) is 6.92 Å². The summed E-state index contributed by atoms with van der Waals surface area (Å²) < 4.78 is 5.66. The molecule has 26 heavy (non-hydrogen) atoms. The summed E-state index contributed by atoms with van der Waals surface area (Å²) in [6, 6.07) is 9.82. The normalized spacial score (nSPS) is 13.8. The number of ether oxygens (including phenoxy) is 1. The monoisotopic (exact) mass is 352 g/mol. The topological polar surface area (TPSA) is 59.1 Å². The van der Waals surface area contributed by atoms with Crippen LogP contribution in [0.1, 0.15) is 44.7 Å². The van der Waals surface area contributed by atoms with Crippen LogP contribution in [0.15, 0.2) is 42.0 Å². The summed E-state index contributed by atoms with van der Waals surface area (Å²) in [7, 11) is 0. The molecule has 0 atom stereocenters. The first-order valence-electron chi connectivity index (χ1n) is 9.51. The number of hydrogen-bond acceptors (Lipinski definition) is 5. The zero-order valence-electron chi connectivity index (χ0n) is 15.7. The summed E-state index contributed by atoms with van der Waals surface area (Å²) in [6.07, 6.45) is 8.61. The molecule has 138 valence electrons. The number of allylic oxidation sites excluding steroid dienone is 1. The predicted octanol–water partition coefficient (Wildman–Crippen LogP) is 5.23. The van der Waals surface area contributed by atoms with Gasteiger partial charge in [-0.15, -0.1) is 0 Å². The first kappa shape index (κ1) is 18.2. The lowest BCUT2D eigenvalue weighted by Gasteiger charge is -2.14. The maximum atomic E-state index is 5.66. The molecular formula is C21H28N4O. The zero-order chi connectivity index (χ0) is 18.2. The van der Waals surface area contributed by atoms with Gasteiger partial charge in [-0.05, 0) is 58.1 Å². The van der Waals surface area contributed by atoms with E-state index in [0.717, 1.165) is 35.9 Å². The Bertz CT molecular complexity index is 757. The van der Waals surface area contributed by atoms with Crippen molar-refractivity contribution in [3.63, 3.8) is 0 Å². The van der Waals surface area contributed by atoms with Crippen molar-refractivity contribution in [2.24, 2.45) is 0 Å². The number of nitrogens with zero attached hydrogens (tertiary/aromatic N) is 2. The fourth-order valence-electron chi connectivity index (χ4n) is 3.17. The molecule has 0 aliphatic heterocycles. The number of benzene rings is 1.